The van der Waals surface area contributed by atoms with E-state index in [0.717, 1.165) is 29.8 Å². The lowest BCUT2D eigenvalue weighted by Gasteiger charge is -2.22. The molecule has 190 valence electrons. The van der Waals surface area contributed by atoms with Gasteiger partial charge in [0.05, 0.1) is 36.4 Å². The highest BCUT2D eigenvalue weighted by Gasteiger charge is 2.30. The SMILES string of the molecule is BC(B)(B)NC(=O)c1nnc(NC(=O)C2CC2)cc1Nc1cccc(-c2cc(C)nn2CCN)c1OC. The lowest BCUT2D eigenvalue weighted by molar-refractivity contribution is -0.117. The minimum absolute atomic E-state index is 0.000629. The fourth-order valence-electron chi connectivity index (χ4n) is 3.95. The molecule has 3 aromatic rings. The van der Waals surface area contributed by atoms with Crippen LogP contribution in [0.5, 0.6) is 5.75 Å². The lowest BCUT2D eigenvalue weighted by Crippen LogP contribution is -2.50. The van der Waals surface area contributed by atoms with Gasteiger partial charge in [0.2, 0.25) is 5.91 Å². The summed E-state index contributed by atoms with van der Waals surface area (Å²) in [5.74, 6) is 0.326. The van der Waals surface area contributed by atoms with E-state index in [1.54, 1.807) is 13.2 Å². The molecule has 2 aromatic heterocycles. The smallest absolute Gasteiger partial charge is 0.272 e. The number of anilines is 3. The van der Waals surface area contributed by atoms with Gasteiger partial charge in [0.1, 0.15) is 23.5 Å². The Morgan fingerprint density at radius 3 is 2.59 bits per heavy atom. The Kier molecular flexibility index (Phi) is 7.58. The minimum atomic E-state index is -0.480. The van der Waals surface area contributed by atoms with Crippen molar-refractivity contribution in [1.29, 1.82) is 0 Å². The van der Waals surface area contributed by atoms with Crippen LogP contribution in [-0.4, -0.2) is 74.2 Å². The van der Waals surface area contributed by atoms with Crippen molar-refractivity contribution in [2.24, 2.45) is 11.7 Å². The summed E-state index contributed by atoms with van der Waals surface area (Å²) in [4.78, 5) is 25.4. The van der Waals surface area contributed by atoms with Crippen LogP contribution in [0.15, 0.2) is 30.3 Å². The second kappa shape index (κ2) is 10.7. The molecule has 4 rings (SSSR count). The van der Waals surface area contributed by atoms with E-state index in [1.165, 1.54) is 0 Å². The van der Waals surface area contributed by atoms with Gasteiger partial charge in [0.25, 0.3) is 5.91 Å². The standard InChI is InChI=1S/C23H31B3N8O3/c1-12-10-17(34(33-12)9-8-27)14-4-3-5-15(20(14)37-2)28-16-11-18(29-21(35)13-6-7-13)31-32-19(16)22(36)30-23(24,25)26/h3-5,10-11,13H,6-9,24-27H2,1-2H3,(H,30,36)(H2,28,29,31,35). The number of hydrogen-bond donors (Lipinski definition) is 4. The van der Waals surface area contributed by atoms with Crippen molar-refractivity contribution < 1.29 is 14.3 Å². The first kappa shape index (κ1) is 26.3. The highest BCUT2D eigenvalue weighted by atomic mass is 16.5. The zero-order valence-electron chi connectivity index (χ0n) is 21.9. The van der Waals surface area contributed by atoms with E-state index < -0.39 is 11.1 Å². The first-order valence-electron chi connectivity index (χ1n) is 12.3. The van der Waals surface area contributed by atoms with E-state index in [4.69, 9.17) is 10.5 Å². The fourth-order valence-corrected chi connectivity index (χ4v) is 3.95. The number of carbonyl (C=O) groups is 2. The molecule has 1 fully saturated rings. The molecule has 2 amide bonds. The van der Waals surface area contributed by atoms with Crippen LogP contribution >= 0.6 is 0 Å². The zero-order chi connectivity index (χ0) is 26.7. The summed E-state index contributed by atoms with van der Waals surface area (Å²) in [6.07, 6.45) is 1.72. The van der Waals surface area contributed by atoms with E-state index in [0.29, 0.717) is 30.2 Å². The van der Waals surface area contributed by atoms with Crippen LogP contribution in [0.4, 0.5) is 17.2 Å². The van der Waals surface area contributed by atoms with Crippen molar-refractivity contribution in [3.63, 3.8) is 0 Å². The molecule has 11 nitrogen and oxygen atoms in total. The Balaban J connectivity index is 1.75. The fraction of sp³-hybridized carbons (Fsp3) is 0.348. The Morgan fingerprint density at radius 1 is 1.19 bits per heavy atom. The maximum absolute atomic E-state index is 13.1. The number of hydrogen-bond acceptors (Lipinski definition) is 8. The average molecular weight is 500 g/mol. The van der Waals surface area contributed by atoms with Crippen molar-refractivity contribution in [2.45, 2.75) is 31.5 Å². The first-order valence-corrected chi connectivity index (χ1v) is 12.3. The van der Waals surface area contributed by atoms with Gasteiger partial charge in [-0.05, 0) is 43.2 Å². The third kappa shape index (κ3) is 6.32. The average Bonchev–Trinajstić information content (AvgIpc) is 3.61. The Hall–Kier alpha value is -3.80. The Morgan fingerprint density at radius 2 is 1.95 bits per heavy atom. The van der Waals surface area contributed by atoms with E-state index in [9.17, 15) is 9.59 Å². The molecule has 0 radical (unpaired) electrons. The molecule has 1 saturated carbocycles. The van der Waals surface area contributed by atoms with Crippen LogP contribution in [0, 0.1) is 12.8 Å². The second-order valence-electron chi connectivity index (χ2n) is 10.2. The van der Waals surface area contributed by atoms with Crippen molar-refractivity contribution in [1.82, 2.24) is 25.3 Å². The summed E-state index contributed by atoms with van der Waals surface area (Å²) >= 11 is 0. The van der Waals surface area contributed by atoms with Crippen molar-refractivity contribution in [2.75, 3.05) is 24.3 Å². The number of amides is 2. The van der Waals surface area contributed by atoms with Gasteiger partial charge in [0.15, 0.2) is 17.3 Å². The van der Waals surface area contributed by atoms with E-state index in [2.05, 4.69) is 31.2 Å². The minimum Gasteiger partial charge on any atom is -0.494 e. The van der Waals surface area contributed by atoms with Gasteiger partial charge in [0, 0.05) is 24.1 Å². The van der Waals surface area contributed by atoms with E-state index >= 15 is 0 Å². The molecule has 2 heterocycles. The topological polar surface area (TPSA) is 149 Å². The maximum atomic E-state index is 13.1. The number of rotatable bonds is 10. The molecule has 0 bridgehead atoms. The number of methoxy groups -OCH3 is 1. The van der Waals surface area contributed by atoms with Crippen LogP contribution in [0.25, 0.3) is 11.3 Å². The number of carbonyl (C=O) groups excluding carboxylic acids is 2. The Labute approximate surface area is 218 Å². The molecule has 5 N–H and O–H groups in total. The number of nitrogens with zero attached hydrogens (tertiary/aromatic N) is 4. The lowest BCUT2D eigenvalue weighted by atomic mass is 9.49. The first-order chi connectivity index (χ1) is 17.6. The molecule has 37 heavy (non-hydrogen) atoms. The molecule has 1 aliphatic carbocycles. The number of nitrogens with two attached hydrogens (primary N) is 1. The molecule has 0 atom stereocenters. The molecule has 0 saturated heterocycles. The van der Waals surface area contributed by atoms with Gasteiger partial charge in [-0.3, -0.25) is 14.3 Å². The summed E-state index contributed by atoms with van der Waals surface area (Å²) in [7, 11) is 7.23. The summed E-state index contributed by atoms with van der Waals surface area (Å²) in [6.45, 7) is 2.92. The number of para-hydroxylation sites is 1. The third-order valence-corrected chi connectivity index (χ3v) is 5.70. The normalized spacial score (nSPS) is 13.2. The molecular weight excluding hydrogens is 469 g/mol. The maximum Gasteiger partial charge on any atom is 0.272 e. The van der Waals surface area contributed by atoms with Crippen molar-refractivity contribution >= 4 is 52.5 Å². The molecule has 1 aliphatic rings. The molecule has 1 aromatic carbocycles. The number of ether oxygens (including phenoxy) is 1. The van der Waals surface area contributed by atoms with E-state index in [-0.39, 0.29) is 23.3 Å². The highest BCUT2D eigenvalue weighted by molar-refractivity contribution is 6.60. The second-order valence-corrected chi connectivity index (χ2v) is 10.2. The van der Waals surface area contributed by atoms with Gasteiger partial charge in [-0.2, -0.15) is 5.10 Å². The molecule has 0 aliphatic heterocycles. The van der Waals surface area contributed by atoms with Crippen LogP contribution < -0.4 is 26.4 Å². The molecule has 0 spiro atoms. The number of nitrogens with one attached hydrogen (secondary N) is 3. The monoisotopic (exact) mass is 500 g/mol. The predicted octanol–water partition coefficient (Wildman–Crippen LogP) is -1.05. The predicted molar refractivity (Wildman–Crippen MR) is 151 cm³/mol. The number of aryl methyl sites for hydroxylation is 1. The molecule has 0 unspecified atom stereocenters. The Bertz CT molecular complexity index is 1320. The van der Waals surface area contributed by atoms with Crippen LogP contribution in [0.2, 0.25) is 0 Å². The number of aromatic nitrogens is 4. The van der Waals surface area contributed by atoms with Crippen molar-refractivity contribution in [3.05, 3.63) is 41.7 Å². The largest absolute Gasteiger partial charge is 0.494 e. The van der Waals surface area contributed by atoms with Crippen molar-refractivity contribution in [3.8, 4) is 17.0 Å². The summed E-state index contributed by atoms with van der Waals surface area (Å²) in [5.41, 5.74) is 9.41. The van der Waals surface area contributed by atoms with Gasteiger partial charge in [-0.25, -0.2) is 0 Å². The zero-order valence-corrected chi connectivity index (χ0v) is 21.9. The molecular formula is C23H31B3N8O3. The quantitative estimate of drug-likeness (QED) is 0.258. The van der Waals surface area contributed by atoms with Crippen LogP contribution in [-0.2, 0) is 11.3 Å². The van der Waals surface area contributed by atoms with Gasteiger partial charge in [-0.15, -0.1) is 10.2 Å². The van der Waals surface area contributed by atoms with Gasteiger partial charge in [-0.1, -0.05) is 6.07 Å². The van der Waals surface area contributed by atoms with Gasteiger partial charge >= 0.3 is 0 Å². The van der Waals surface area contributed by atoms with E-state index in [1.807, 2.05) is 59.4 Å². The third-order valence-electron chi connectivity index (χ3n) is 5.70. The van der Waals surface area contributed by atoms with Gasteiger partial charge < -0.3 is 26.4 Å². The van der Waals surface area contributed by atoms with Crippen LogP contribution in [0.1, 0.15) is 29.0 Å². The summed E-state index contributed by atoms with van der Waals surface area (Å²) in [6, 6.07) is 9.24. The number of benzene rings is 1. The summed E-state index contributed by atoms with van der Waals surface area (Å²) < 4.78 is 7.67. The van der Waals surface area contributed by atoms with Crippen LogP contribution in [0.3, 0.4) is 0 Å². The highest BCUT2D eigenvalue weighted by Crippen LogP contribution is 2.39. The summed E-state index contributed by atoms with van der Waals surface area (Å²) in [5, 5.41) is 21.3. The molecule has 14 heteroatoms.